The van der Waals surface area contributed by atoms with Crippen LogP contribution in [0.4, 0.5) is 0 Å². The fraction of sp³-hybridized carbons (Fsp3) is 0. The summed E-state index contributed by atoms with van der Waals surface area (Å²) in [4.78, 5) is 29.3. The Hall–Kier alpha value is 2.55. The largest absolute Gasteiger partial charge is 2.00 e. The first-order valence-corrected chi connectivity index (χ1v) is 2.68. The van der Waals surface area contributed by atoms with Crippen LogP contribution in [0.5, 0.6) is 0 Å². The van der Waals surface area contributed by atoms with E-state index in [0.717, 1.165) is 0 Å². The summed E-state index contributed by atoms with van der Waals surface area (Å²) in [6, 6.07) is 0. The molecule has 0 spiro atoms. The first-order valence-electron chi connectivity index (χ1n) is 0.894. The molecule has 4 nitrogen and oxygen atoms in total. The summed E-state index contributed by atoms with van der Waals surface area (Å²) in [5, 5.41) is 0. The van der Waals surface area contributed by atoms with E-state index in [2.05, 4.69) is 0 Å². The van der Waals surface area contributed by atoms with Crippen LogP contribution in [0.15, 0.2) is 0 Å². The third-order valence-corrected chi connectivity index (χ3v) is 0. The molecule has 0 aromatic rings. The molecule has 0 heterocycles. The second kappa shape index (κ2) is 6.67. The molecular formula is H6BaO4PbSi. The Bertz CT molecular complexity index is 34.0. The first-order chi connectivity index (χ1) is 2.00. The van der Waals surface area contributed by atoms with Gasteiger partial charge >= 0.3 is 57.9 Å². The molecule has 0 aromatic heterocycles. The molecular weight excluding hydrogens is 437 g/mol. The molecule has 0 saturated carbocycles. The average molecular weight is 443 g/mol. The molecule has 40 valence electrons. The number of hydrogen-bond donors (Lipinski definition) is 4. The van der Waals surface area contributed by atoms with Crippen LogP contribution in [0.1, 0.15) is 2.85 Å². The summed E-state index contributed by atoms with van der Waals surface area (Å²) >= 11 is 0. The summed E-state index contributed by atoms with van der Waals surface area (Å²) < 4.78 is 0. The van der Waals surface area contributed by atoms with Gasteiger partial charge in [-0.2, -0.15) is 0 Å². The minimum Gasteiger partial charge on any atom is -1.00 e. The zero-order valence-corrected chi connectivity index (χ0v) is 12.8. The van der Waals surface area contributed by atoms with Gasteiger partial charge in [0.1, 0.15) is 0 Å². The van der Waals surface area contributed by atoms with Crippen LogP contribution in [0.3, 0.4) is 0 Å². The van der Waals surface area contributed by atoms with Crippen molar-refractivity contribution >= 4 is 85.2 Å². The summed E-state index contributed by atoms with van der Waals surface area (Å²) in [5.41, 5.74) is 0. The summed E-state index contributed by atoms with van der Waals surface area (Å²) in [7, 11) is -4.61. The fourth-order valence-corrected chi connectivity index (χ4v) is 0. The van der Waals surface area contributed by atoms with E-state index in [4.69, 9.17) is 19.2 Å². The standard InChI is InChI=1S/Ba.H4O4Si.Pb.2H/c;1-5(2,3)4;;;/h;1-4H;;;/q+2;;;2*-1. The van der Waals surface area contributed by atoms with Gasteiger partial charge in [-0.05, 0) is 0 Å². The monoisotopic (exact) mass is 444 g/mol. The fourth-order valence-electron chi connectivity index (χ4n) is 0. The van der Waals surface area contributed by atoms with E-state index in [1.807, 2.05) is 0 Å². The maximum atomic E-state index is 7.33. The average Bonchev–Trinajstić information content (AvgIpc) is 0.722. The number of rotatable bonds is 0. The maximum Gasteiger partial charge on any atom is 2.00 e. The molecule has 0 bridgehead atoms. The predicted octanol–water partition coefficient (Wildman–Crippen LogP) is -3.15. The normalized spacial score (nSPS) is 8.57. The van der Waals surface area contributed by atoms with Crippen molar-refractivity contribution in [1.82, 2.24) is 0 Å². The van der Waals surface area contributed by atoms with Crippen LogP contribution in [-0.4, -0.2) is 104 Å². The van der Waals surface area contributed by atoms with Crippen LogP contribution in [0.25, 0.3) is 0 Å². The second-order valence-electron chi connectivity index (χ2n) is 0.600. The van der Waals surface area contributed by atoms with E-state index < -0.39 is 9.05 Å². The van der Waals surface area contributed by atoms with Gasteiger partial charge in [0.05, 0.1) is 0 Å². The van der Waals surface area contributed by atoms with E-state index in [1.54, 1.807) is 0 Å². The van der Waals surface area contributed by atoms with Crippen LogP contribution in [0, 0.1) is 0 Å². The van der Waals surface area contributed by atoms with E-state index in [9.17, 15) is 0 Å². The number of hydrogen-bond acceptors (Lipinski definition) is 4. The van der Waals surface area contributed by atoms with Crippen LogP contribution >= 0.6 is 0 Å². The maximum absolute atomic E-state index is 7.33. The quantitative estimate of drug-likeness (QED) is 0.299. The van der Waals surface area contributed by atoms with Crippen molar-refractivity contribution < 1.29 is 22.0 Å². The summed E-state index contributed by atoms with van der Waals surface area (Å²) in [5.74, 6) is 0. The van der Waals surface area contributed by atoms with E-state index in [-0.39, 0.29) is 79.0 Å². The molecule has 0 fully saturated rings. The molecule has 0 aliphatic heterocycles. The molecule has 0 rings (SSSR count). The topological polar surface area (TPSA) is 80.9 Å². The Balaban J connectivity index is -0.0000000133. The van der Waals surface area contributed by atoms with Crippen LogP contribution in [0.2, 0.25) is 0 Å². The molecule has 0 amide bonds. The van der Waals surface area contributed by atoms with Crippen molar-refractivity contribution in [3.63, 3.8) is 0 Å². The molecule has 7 heavy (non-hydrogen) atoms. The molecule has 4 N–H and O–H groups in total. The van der Waals surface area contributed by atoms with E-state index in [0.29, 0.717) is 0 Å². The smallest absolute Gasteiger partial charge is 1.00 e. The zero-order chi connectivity index (χ0) is 4.50. The molecule has 0 aliphatic rings. The van der Waals surface area contributed by atoms with Gasteiger partial charge in [0.2, 0.25) is 0 Å². The van der Waals surface area contributed by atoms with Gasteiger partial charge in [-0.15, -0.1) is 0 Å². The van der Waals surface area contributed by atoms with E-state index in [1.165, 1.54) is 0 Å². The Kier molecular flexibility index (Phi) is 15.5. The van der Waals surface area contributed by atoms with Gasteiger partial charge in [-0.1, -0.05) is 0 Å². The van der Waals surface area contributed by atoms with Crippen LogP contribution < -0.4 is 0 Å². The Labute approximate surface area is 105 Å². The first kappa shape index (κ1) is 16.3. The van der Waals surface area contributed by atoms with Crippen molar-refractivity contribution in [2.45, 2.75) is 0 Å². The van der Waals surface area contributed by atoms with Crippen molar-refractivity contribution in [1.29, 1.82) is 0 Å². The Morgan fingerprint density at radius 1 is 1.00 bits per heavy atom. The van der Waals surface area contributed by atoms with Gasteiger partial charge in [-0.3, -0.25) is 0 Å². The van der Waals surface area contributed by atoms with Crippen molar-refractivity contribution in [2.75, 3.05) is 0 Å². The predicted molar refractivity (Wildman–Crippen MR) is 28.4 cm³/mol. The minimum absolute atomic E-state index is 0. The molecule has 0 aliphatic carbocycles. The van der Waals surface area contributed by atoms with E-state index >= 15 is 0 Å². The second-order valence-corrected chi connectivity index (χ2v) is 1.80. The summed E-state index contributed by atoms with van der Waals surface area (Å²) in [6.45, 7) is 0. The molecule has 0 aromatic carbocycles. The molecule has 4 radical (unpaired) electrons. The van der Waals surface area contributed by atoms with Gasteiger partial charge in [0, 0.05) is 27.3 Å². The Morgan fingerprint density at radius 3 is 1.00 bits per heavy atom. The van der Waals surface area contributed by atoms with Crippen LogP contribution in [-0.2, 0) is 0 Å². The van der Waals surface area contributed by atoms with Crippen molar-refractivity contribution in [3.05, 3.63) is 0 Å². The van der Waals surface area contributed by atoms with Gasteiger partial charge in [-0.25, -0.2) is 0 Å². The van der Waals surface area contributed by atoms with Crippen molar-refractivity contribution in [3.8, 4) is 0 Å². The van der Waals surface area contributed by atoms with Gasteiger partial charge < -0.3 is 22.0 Å². The minimum atomic E-state index is -4.61. The Morgan fingerprint density at radius 2 is 1.00 bits per heavy atom. The molecule has 0 atom stereocenters. The van der Waals surface area contributed by atoms with Gasteiger partial charge in [0.25, 0.3) is 0 Å². The van der Waals surface area contributed by atoms with Gasteiger partial charge in [0.15, 0.2) is 0 Å². The third kappa shape index (κ3) is 56.4. The zero-order valence-electron chi connectivity index (χ0n) is 5.50. The third-order valence-electron chi connectivity index (χ3n) is 0. The molecule has 7 heteroatoms. The van der Waals surface area contributed by atoms with Crippen molar-refractivity contribution in [2.24, 2.45) is 0 Å². The molecule has 0 unspecified atom stereocenters. The molecule has 0 saturated heterocycles. The SMILES string of the molecule is O[Si](O)(O)O.[Ba+2].[H-].[H-].[Pb]. The summed E-state index contributed by atoms with van der Waals surface area (Å²) in [6.07, 6.45) is 0.